The fourth-order valence-electron chi connectivity index (χ4n) is 3.00. The van der Waals surface area contributed by atoms with Gasteiger partial charge in [0, 0.05) is 24.7 Å². The molecule has 0 spiro atoms. The molecule has 3 heteroatoms. The molecule has 0 aliphatic heterocycles. The SMILES string of the molecule is CCc1ccccc1C(=O)N(CCN)C1CCCC1. The Morgan fingerprint density at radius 2 is 2.00 bits per heavy atom. The molecule has 1 aliphatic rings. The van der Waals surface area contributed by atoms with Crippen LogP contribution < -0.4 is 5.73 Å². The van der Waals surface area contributed by atoms with Crippen LogP contribution in [0.4, 0.5) is 0 Å². The monoisotopic (exact) mass is 260 g/mol. The highest BCUT2D eigenvalue weighted by atomic mass is 16.2. The molecule has 2 N–H and O–H groups in total. The van der Waals surface area contributed by atoms with Crippen LogP contribution in [0.3, 0.4) is 0 Å². The largest absolute Gasteiger partial charge is 0.334 e. The molecule has 1 amide bonds. The number of carbonyl (C=O) groups is 1. The summed E-state index contributed by atoms with van der Waals surface area (Å²) in [5.41, 5.74) is 7.67. The zero-order valence-corrected chi connectivity index (χ0v) is 11.8. The summed E-state index contributed by atoms with van der Waals surface area (Å²) in [5, 5.41) is 0. The predicted molar refractivity (Wildman–Crippen MR) is 78.2 cm³/mol. The Kier molecular flexibility index (Phi) is 4.97. The maximum absolute atomic E-state index is 12.8. The van der Waals surface area contributed by atoms with Crippen molar-refractivity contribution in [1.82, 2.24) is 4.90 Å². The number of carbonyl (C=O) groups excluding carboxylic acids is 1. The minimum atomic E-state index is 0.162. The molecule has 0 saturated heterocycles. The molecule has 1 aliphatic carbocycles. The van der Waals surface area contributed by atoms with E-state index in [9.17, 15) is 4.79 Å². The second-order valence-electron chi connectivity index (χ2n) is 5.24. The van der Waals surface area contributed by atoms with E-state index in [2.05, 4.69) is 6.92 Å². The Bertz CT molecular complexity index is 425. The van der Waals surface area contributed by atoms with Gasteiger partial charge in [-0.15, -0.1) is 0 Å². The molecule has 3 nitrogen and oxygen atoms in total. The third-order valence-corrected chi connectivity index (χ3v) is 4.03. The van der Waals surface area contributed by atoms with Crippen molar-refractivity contribution in [2.75, 3.05) is 13.1 Å². The van der Waals surface area contributed by atoms with Gasteiger partial charge in [0.2, 0.25) is 0 Å². The van der Waals surface area contributed by atoms with Gasteiger partial charge >= 0.3 is 0 Å². The number of hydrogen-bond acceptors (Lipinski definition) is 2. The normalized spacial score (nSPS) is 15.7. The molecule has 1 aromatic carbocycles. The molecule has 0 radical (unpaired) electrons. The van der Waals surface area contributed by atoms with Crippen molar-refractivity contribution in [3.8, 4) is 0 Å². The van der Waals surface area contributed by atoms with Gasteiger partial charge in [0.15, 0.2) is 0 Å². The van der Waals surface area contributed by atoms with Crippen molar-refractivity contribution >= 4 is 5.91 Å². The molecule has 0 bridgehead atoms. The predicted octanol–water partition coefficient (Wildman–Crippen LogP) is 2.59. The third kappa shape index (κ3) is 3.16. The van der Waals surface area contributed by atoms with E-state index in [0.717, 1.165) is 30.4 Å². The Morgan fingerprint density at radius 1 is 1.32 bits per heavy atom. The molecular formula is C16H24N2O. The van der Waals surface area contributed by atoms with E-state index in [1.807, 2.05) is 29.2 Å². The van der Waals surface area contributed by atoms with E-state index in [1.165, 1.54) is 12.8 Å². The molecule has 0 atom stereocenters. The minimum Gasteiger partial charge on any atom is -0.334 e. The fourth-order valence-corrected chi connectivity index (χ4v) is 3.00. The number of hydrogen-bond donors (Lipinski definition) is 1. The van der Waals surface area contributed by atoms with Crippen LogP contribution in [0.15, 0.2) is 24.3 Å². The van der Waals surface area contributed by atoms with E-state index in [1.54, 1.807) is 0 Å². The van der Waals surface area contributed by atoms with Gasteiger partial charge in [-0.1, -0.05) is 38.0 Å². The molecule has 19 heavy (non-hydrogen) atoms. The second kappa shape index (κ2) is 6.71. The lowest BCUT2D eigenvalue weighted by Crippen LogP contribution is -2.42. The van der Waals surface area contributed by atoms with E-state index >= 15 is 0 Å². The lowest BCUT2D eigenvalue weighted by Gasteiger charge is -2.29. The number of nitrogens with zero attached hydrogens (tertiary/aromatic N) is 1. The highest BCUT2D eigenvalue weighted by molar-refractivity contribution is 5.96. The first-order chi connectivity index (χ1) is 9.27. The molecular weight excluding hydrogens is 236 g/mol. The first-order valence-electron chi connectivity index (χ1n) is 7.36. The summed E-state index contributed by atoms with van der Waals surface area (Å²) in [7, 11) is 0. The van der Waals surface area contributed by atoms with Crippen LogP contribution in [0.1, 0.15) is 48.5 Å². The van der Waals surface area contributed by atoms with Crippen LogP contribution in [0, 0.1) is 0 Å². The van der Waals surface area contributed by atoms with E-state index in [4.69, 9.17) is 5.73 Å². The summed E-state index contributed by atoms with van der Waals surface area (Å²) >= 11 is 0. The summed E-state index contributed by atoms with van der Waals surface area (Å²) in [6, 6.07) is 8.32. The van der Waals surface area contributed by atoms with Gasteiger partial charge in [0.25, 0.3) is 5.91 Å². The van der Waals surface area contributed by atoms with E-state index < -0.39 is 0 Å². The highest BCUT2D eigenvalue weighted by Crippen LogP contribution is 2.25. The van der Waals surface area contributed by atoms with Gasteiger partial charge in [0.05, 0.1) is 0 Å². The van der Waals surface area contributed by atoms with Crippen molar-refractivity contribution in [3.63, 3.8) is 0 Å². The Morgan fingerprint density at radius 3 is 2.63 bits per heavy atom. The smallest absolute Gasteiger partial charge is 0.254 e. The van der Waals surface area contributed by atoms with E-state index in [0.29, 0.717) is 19.1 Å². The number of rotatable bonds is 5. The summed E-state index contributed by atoms with van der Waals surface area (Å²) in [6.45, 7) is 3.30. The van der Waals surface area contributed by atoms with Crippen molar-refractivity contribution in [1.29, 1.82) is 0 Å². The highest BCUT2D eigenvalue weighted by Gasteiger charge is 2.27. The Labute approximate surface area is 115 Å². The average molecular weight is 260 g/mol. The third-order valence-electron chi connectivity index (χ3n) is 4.03. The number of amides is 1. The Balaban J connectivity index is 2.22. The first-order valence-corrected chi connectivity index (χ1v) is 7.36. The topological polar surface area (TPSA) is 46.3 Å². The van der Waals surface area contributed by atoms with Crippen molar-refractivity contribution in [3.05, 3.63) is 35.4 Å². The zero-order valence-electron chi connectivity index (χ0n) is 11.8. The van der Waals surface area contributed by atoms with Gasteiger partial charge in [-0.2, -0.15) is 0 Å². The van der Waals surface area contributed by atoms with Gasteiger partial charge < -0.3 is 10.6 Å². The summed E-state index contributed by atoms with van der Waals surface area (Å²) < 4.78 is 0. The van der Waals surface area contributed by atoms with Gasteiger partial charge in [-0.25, -0.2) is 0 Å². The number of aryl methyl sites for hydroxylation is 1. The second-order valence-corrected chi connectivity index (χ2v) is 5.24. The van der Waals surface area contributed by atoms with Crippen LogP contribution >= 0.6 is 0 Å². The van der Waals surface area contributed by atoms with Crippen LogP contribution in [0.2, 0.25) is 0 Å². The molecule has 0 aromatic heterocycles. The molecule has 2 rings (SSSR count). The molecule has 0 heterocycles. The number of nitrogens with two attached hydrogens (primary N) is 1. The van der Waals surface area contributed by atoms with Gasteiger partial charge in [0.1, 0.15) is 0 Å². The Hall–Kier alpha value is -1.35. The molecule has 1 saturated carbocycles. The average Bonchev–Trinajstić information content (AvgIpc) is 2.98. The zero-order chi connectivity index (χ0) is 13.7. The lowest BCUT2D eigenvalue weighted by atomic mass is 10.0. The van der Waals surface area contributed by atoms with E-state index in [-0.39, 0.29) is 5.91 Å². The summed E-state index contributed by atoms with van der Waals surface area (Å²) in [4.78, 5) is 14.8. The van der Waals surface area contributed by atoms with Crippen molar-refractivity contribution < 1.29 is 4.79 Å². The van der Waals surface area contributed by atoms with Crippen molar-refractivity contribution in [2.45, 2.75) is 45.1 Å². The lowest BCUT2D eigenvalue weighted by molar-refractivity contribution is 0.0687. The molecule has 1 fully saturated rings. The van der Waals surface area contributed by atoms with Crippen LogP contribution in [0.25, 0.3) is 0 Å². The van der Waals surface area contributed by atoms with Gasteiger partial charge in [-0.05, 0) is 30.9 Å². The standard InChI is InChI=1S/C16H24N2O/c1-2-13-7-3-6-10-15(13)16(19)18(12-11-17)14-8-4-5-9-14/h3,6-7,10,14H,2,4-5,8-9,11-12,17H2,1H3. The number of benzene rings is 1. The van der Waals surface area contributed by atoms with Crippen LogP contribution in [-0.2, 0) is 6.42 Å². The van der Waals surface area contributed by atoms with Crippen LogP contribution in [-0.4, -0.2) is 29.9 Å². The maximum atomic E-state index is 12.8. The maximum Gasteiger partial charge on any atom is 0.254 e. The van der Waals surface area contributed by atoms with Crippen LogP contribution in [0.5, 0.6) is 0 Å². The first kappa shape index (κ1) is 14.1. The molecule has 104 valence electrons. The fraction of sp³-hybridized carbons (Fsp3) is 0.562. The minimum absolute atomic E-state index is 0.162. The van der Waals surface area contributed by atoms with Crippen molar-refractivity contribution in [2.24, 2.45) is 5.73 Å². The molecule has 1 aromatic rings. The molecule has 0 unspecified atom stereocenters. The quantitative estimate of drug-likeness (QED) is 0.884. The summed E-state index contributed by atoms with van der Waals surface area (Å²) in [5.74, 6) is 0.162. The summed E-state index contributed by atoms with van der Waals surface area (Å²) in [6.07, 6.45) is 5.60. The van der Waals surface area contributed by atoms with Gasteiger partial charge in [-0.3, -0.25) is 4.79 Å².